The third-order valence-corrected chi connectivity index (χ3v) is 4.01. The minimum absolute atomic E-state index is 0.0244. The van der Waals surface area contributed by atoms with E-state index in [2.05, 4.69) is 0 Å². The highest BCUT2D eigenvalue weighted by Gasteiger charge is 2.52. The zero-order chi connectivity index (χ0) is 16.8. The van der Waals surface area contributed by atoms with Crippen LogP contribution in [-0.2, 0) is 4.79 Å². The molecule has 0 bridgehead atoms. The number of amides is 2. The molecule has 1 fully saturated rings. The van der Waals surface area contributed by atoms with E-state index in [1.165, 1.54) is 18.2 Å². The molecule has 0 unspecified atom stereocenters. The first-order chi connectivity index (χ1) is 10.8. The molecule has 0 radical (unpaired) electrons. The van der Waals surface area contributed by atoms with Crippen LogP contribution in [0.5, 0.6) is 11.5 Å². The number of rotatable bonds is 2. The van der Waals surface area contributed by atoms with E-state index in [1.54, 1.807) is 0 Å². The number of nitrogens with two attached hydrogens (primary N) is 1. The minimum atomic E-state index is -4.59. The highest BCUT2D eigenvalue weighted by Crippen LogP contribution is 2.38. The molecule has 23 heavy (non-hydrogen) atoms. The molecular formula is C14H13F3N2O4. The topological polar surface area (TPSA) is 81.9 Å². The van der Waals surface area contributed by atoms with E-state index in [1.807, 2.05) is 0 Å². The Morgan fingerprint density at radius 1 is 1.17 bits per heavy atom. The van der Waals surface area contributed by atoms with E-state index in [0.29, 0.717) is 11.5 Å². The van der Waals surface area contributed by atoms with Crippen molar-refractivity contribution >= 4 is 11.8 Å². The number of carbonyl (C=O) groups is 2. The quantitative estimate of drug-likeness (QED) is 0.882. The number of hydrogen-bond donors (Lipinski definition) is 1. The number of primary amides is 1. The summed E-state index contributed by atoms with van der Waals surface area (Å²) in [5.74, 6) is -4.24. The standard InChI is InChI=1S/C14H13F3N2O4/c15-14(16,17)9-5-19(4-8(9)12(18)20)13(21)7-1-2-10-11(3-7)23-6-22-10/h1-3,8-9H,4-6H2,(H2,18,20)/t8-,9-/m1/s1. The van der Waals surface area contributed by atoms with Crippen LogP contribution in [-0.4, -0.2) is 42.8 Å². The molecular weight excluding hydrogens is 317 g/mol. The lowest BCUT2D eigenvalue weighted by Crippen LogP contribution is -2.37. The van der Waals surface area contributed by atoms with E-state index in [-0.39, 0.29) is 18.9 Å². The molecule has 1 saturated heterocycles. The Bertz CT molecular complexity index is 662. The summed E-state index contributed by atoms with van der Waals surface area (Å²) in [6.07, 6.45) is -4.59. The predicted octanol–water partition coefficient (Wildman–Crippen LogP) is 1.15. The second-order valence-electron chi connectivity index (χ2n) is 5.44. The van der Waals surface area contributed by atoms with Crippen LogP contribution in [0.2, 0.25) is 0 Å². The largest absolute Gasteiger partial charge is 0.454 e. The lowest BCUT2D eigenvalue weighted by atomic mass is 9.95. The van der Waals surface area contributed by atoms with Gasteiger partial charge in [-0.25, -0.2) is 0 Å². The monoisotopic (exact) mass is 330 g/mol. The van der Waals surface area contributed by atoms with Gasteiger partial charge in [0, 0.05) is 18.7 Å². The predicted molar refractivity (Wildman–Crippen MR) is 70.7 cm³/mol. The van der Waals surface area contributed by atoms with Crippen molar-refractivity contribution in [2.45, 2.75) is 6.18 Å². The summed E-state index contributed by atoms with van der Waals surface area (Å²) in [5, 5.41) is 0. The molecule has 2 aliphatic rings. The van der Waals surface area contributed by atoms with Crippen LogP contribution in [0.1, 0.15) is 10.4 Å². The highest BCUT2D eigenvalue weighted by atomic mass is 19.4. The maximum Gasteiger partial charge on any atom is 0.394 e. The fourth-order valence-electron chi connectivity index (χ4n) is 2.80. The van der Waals surface area contributed by atoms with Crippen LogP contribution in [0, 0.1) is 11.8 Å². The summed E-state index contributed by atoms with van der Waals surface area (Å²) in [5.41, 5.74) is 5.21. The molecule has 2 heterocycles. The number of ether oxygens (including phenoxy) is 2. The van der Waals surface area contributed by atoms with Crippen molar-refractivity contribution in [2.24, 2.45) is 17.6 Å². The lowest BCUT2D eigenvalue weighted by Gasteiger charge is -2.18. The SMILES string of the molecule is NC(=O)[C@@H]1CN(C(=O)c2ccc3c(c2)OCO3)C[C@H]1C(F)(F)F. The van der Waals surface area contributed by atoms with Crippen molar-refractivity contribution in [2.75, 3.05) is 19.9 Å². The number of fused-ring (bicyclic) bond motifs is 1. The van der Waals surface area contributed by atoms with Crippen molar-refractivity contribution < 1.29 is 32.2 Å². The molecule has 3 rings (SSSR count). The Morgan fingerprint density at radius 2 is 1.87 bits per heavy atom. The number of halogens is 3. The first-order valence-corrected chi connectivity index (χ1v) is 6.82. The molecule has 2 atom stereocenters. The smallest absolute Gasteiger partial charge is 0.394 e. The van der Waals surface area contributed by atoms with E-state index in [9.17, 15) is 22.8 Å². The van der Waals surface area contributed by atoms with Crippen LogP contribution in [0.25, 0.3) is 0 Å². The molecule has 2 N–H and O–H groups in total. The van der Waals surface area contributed by atoms with Crippen molar-refractivity contribution in [3.63, 3.8) is 0 Å². The Hall–Kier alpha value is -2.45. The van der Waals surface area contributed by atoms with Gasteiger partial charge in [0.15, 0.2) is 11.5 Å². The summed E-state index contributed by atoms with van der Waals surface area (Å²) < 4.78 is 49.3. The van der Waals surface area contributed by atoms with Crippen molar-refractivity contribution in [1.82, 2.24) is 4.90 Å². The molecule has 124 valence electrons. The lowest BCUT2D eigenvalue weighted by molar-refractivity contribution is -0.182. The third-order valence-electron chi connectivity index (χ3n) is 4.01. The third kappa shape index (κ3) is 2.78. The van der Waals surface area contributed by atoms with Gasteiger partial charge in [-0.1, -0.05) is 0 Å². The van der Waals surface area contributed by atoms with Gasteiger partial charge in [0.05, 0.1) is 11.8 Å². The Labute approximate surface area is 128 Å². The average Bonchev–Trinajstić information content (AvgIpc) is 3.11. The highest BCUT2D eigenvalue weighted by molar-refractivity contribution is 5.95. The zero-order valence-electron chi connectivity index (χ0n) is 11.8. The molecule has 2 aliphatic heterocycles. The van der Waals surface area contributed by atoms with Gasteiger partial charge in [-0.3, -0.25) is 9.59 Å². The minimum Gasteiger partial charge on any atom is -0.454 e. The van der Waals surface area contributed by atoms with E-state index in [4.69, 9.17) is 15.2 Å². The van der Waals surface area contributed by atoms with Crippen LogP contribution in [0.15, 0.2) is 18.2 Å². The molecule has 9 heteroatoms. The van der Waals surface area contributed by atoms with Gasteiger partial charge in [-0.2, -0.15) is 13.2 Å². The van der Waals surface area contributed by atoms with Crippen molar-refractivity contribution in [3.8, 4) is 11.5 Å². The Kier molecular flexibility index (Phi) is 3.57. The van der Waals surface area contributed by atoms with Crippen LogP contribution >= 0.6 is 0 Å². The number of nitrogens with zero attached hydrogens (tertiary/aromatic N) is 1. The van der Waals surface area contributed by atoms with Gasteiger partial charge in [-0.05, 0) is 18.2 Å². The second kappa shape index (κ2) is 5.32. The molecule has 0 saturated carbocycles. The average molecular weight is 330 g/mol. The number of carbonyl (C=O) groups excluding carboxylic acids is 2. The van der Waals surface area contributed by atoms with Crippen molar-refractivity contribution in [1.29, 1.82) is 0 Å². The Morgan fingerprint density at radius 3 is 2.48 bits per heavy atom. The first kappa shape index (κ1) is 15.4. The van der Waals surface area contributed by atoms with Gasteiger partial charge in [0.1, 0.15) is 0 Å². The molecule has 0 aliphatic carbocycles. The summed E-state index contributed by atoms with van der Waals surface area (Å²) in [7, 11) is 0. The Balaban J connectivity index is 1.82. The number of likely N-dealkylation sites (tertiary alicyclic amines) is 1. The fourth-order valence-corrected chi connectivity index (χ4v) is 2.80. The number of benzene rings is 1. The van der Waals surface area contributed by atoms with Gasteiger partial charge < -0.3 is 20.1 Å². The maximum absolute atomic E-state index is 13.0. The van der Waals surface area contributed by atoms with Gasteiger partial charge in [-0.15, -0.1) is 0 Å². The van der Waals surface area contributed by atoms with E-state index < -0.39 is 36.4 Å². The van der Waals surface area contributed by atoms with Crippen LogP contribution < -0.4 is 15.2 Å². The summed E-state index contributed by atoms with van der Waals surface area (Å²) >= 11 is 0. The van der Waals surface area contributed by atoms with Crippen LogP contribution in [0.4, 0.5) is 13.2 Å². The summed E-state index contributed by atoms with van der Waals surface area (Å²) in [6, 6.07) is 4.36. The zero-order valence-corrected chi connectivity index (χ0v) is 11.8. The van der Waals surface area contributed by atoms with Crippen LogP contribution in [0.3, 0.4) is 0 Å². The molecule has 6 nitrogen and oxygen atoms in total. The number of alkyl halides is 3. The molecule has 2 amide bonds. The molecule has 0 spiro atoms. The second-order valence-corrected chi connectivity index (χ2v) is 5.44. The normalized spacial score (nSPS) is 23.2. The van der Waals surface area contributed by atoms with E-state index >= 15 is 0 Å². The van der Waals surface area contributed by atoms with Gasteiger partial charge in [0.2, 0.25) is 12.7 Å². The van der Waals surface area contributed by atoms with Gasteiger partial charge >= 0.3 is 6.18 Å². The molecule has 0 aromatic heterocycles. The van der Waals surface area contributed by atoms with Gasteiger partial charge in [0.25, 0.3) is 5.91 Å². The maximum atomic E-state index is 13.0. The fraction of sp³-hybridized carbons (Fsp3) is 0.429. The molecule has 1 aromatic carbocycles. The number of hydrogen-bond acceptors (Lipinski definition) is 4. The van der Waals surface area contributed by atoms with Crippen molar-refractivity contribution in [3.05, 3.63) is 23.8 Å². The molecule has 1 aromatic rings. The summed E-state index contributed by atoms with van der Waals surface area (Å²) in [6.45, 7) is -0.923. The summed E-state index contributed by atoms with van der Waals surface area (Å²) in [4.78, 5) is 24.7. The first-order valence-electron chi connectivity index (χ1n) is 6.82. The van der Waals surface area contributed by atoms with E-state index in [0.717, 1.165) is 4.90 Å².